The zero-order valence-corrected chi connectivity index (χ0v) is 30.9. The Morgan fingerprint density at radius 1 is 0.961 bits per heavy atom. The van der Waals surface area contributed by atoms with Gasteiger partial charge >= 0.3 is 5.69 Å². The standard InChI is InChI=1S/C39H41BrN8O3/c1-25-17-28(9-14-32(25)40)37(50)45-20-34-35(36(49)41-18-29-7-5-6-8-33(29)47-16-15-26(2)42-47)48(38(51)46(34)19-27(45)3)31-12-10-30(11-13-31)44-23-39(24-44)21-43(4)22-39/h5-17,27H,18-24H2,1-4H3,(H,41,49)/t27-/m0/s1. The van der Waals surface area contributed by atoms with E-state index in [1.807, 2.05) is 93.7 Å². The van der Waals surface area contributed by atoms with E-state index in [0.29, 0.717) is 22.4 Å². The van der Waals surface area contributed by atoms with Crippen molar-refractivity contribution in [3.8, 4) is 11.4 Å². The van der Waals surface area contributed by atoms with Gasteiger partial charge in [0.15, 0.2) is 0 Å². The Balaban J connectivity index is 1.14. The van der Waals surface area contributed by atoms with Crippen LogP contribution in [0.2, 0.25) is 0 Å². The van der Waals surface area contributed by atoms with Crippen molar-refractivity contribution in [2.75, 3.05) is 38.1 Å². The van der Waals surface area contributed by atoms with Crippen molar-refractivity contribution in [3.05, 3.63) is 128 Å². The van der Waals surface area contributed by atoms with Crippen LogP contribution in [0, 0.1) is 19.3 Å². The molecular weight excluding hydrogens is 708 g/mol. The van der Waals surface area contributed by atoms with E-state index in [4.69, 9.17) is 0 Å². The molecule has 2 saturated heterocycles. The summed E-state index contributed by atoms with van der Waals surface area (Å²) in [6.07, 6.45) is 1.89. The molecular formula is C39H41BrN8O3. The van der Waals surface area contributed by atoms with Crippen molar-refractivity contribution < 1.29 is 9.59 Å². The Kier molecular flexibility index (Phi) is 8.26. The number of carbonyl (C=O) groups is 2. The first-order valence-electron chi connectivity index (χ1n) is 17.3. The first-order chi connectivity index (χ1) is 24.5. The van der Waals surface area contributed by atoms with Gasteiger partial charge in [0.1, 0.15) is 5.69 Å². The van der Waals surface area contributed by atoms with Crippen molar-refractivity contribution in [2.24, 2.45) is 5.41 Å². The molecule has 262 valence electrons. The molecule has 51 heavy (non-hydrogen) atoms. The van der Waals surface area contributed by atoms with Crippen LogP contribution >= 0.6 is 15.9 Å². The van der Waals surface area contributed by atoms with Gasteiger partial charge in [-0.05, 0) is 93.5 Å². The van der Waals surface area contributed by atoms with Gasteiger partial charge in [-0.3, -0.25) is 18.7 Å². The summed E-state index contributed by atoms with van der Waals surface area (Å²) in [5, 5.41) is 7.67. The molecule has 0 bridgehead atoms. The third kappa shape index (κ3) is 5.89. The maximum Gasteiger partial charge on any atom is 0.333 e. The summed E-state index contributed by atoms with van der Waals surface area (Å²) in [5.74, 6) is -0.537. The van der Waals surface area contributed by atoms with Gasteiger partial charge in [-0.1, -0.05) is 34.1 Å². The van der Waals surface area contributed by atoms with Crippen LogP contribution in [-0.4, -0.2) is 79.8 Å². The number of anilines is 1. The zero-order valence-electron chi connectivity index (χ0n) is 29.3. The van der Waals surface area contributed by atoms with E-state index in [1.165, 1.54) is 4.57 Å². The molecule has 11 nitrogen and oxygen atoms in total. The zero-order chi connectivity index (χ0) is 35.6. The molecule has 2 fully saturated rings. The molecule has 3 aliphatic rings. The van der Waals surface area contributed by atoms with Crippen molar-refractivity contribution in [1.29, 1.82) is 0 Å². The molecule has 5 aromatic rings. The van der Waals surface area contributed by atoms with Crippen molar-refractivity contribution >= 4 is 33.4 Å². The molecule has 3 aliphatic heterocycles. The van der Waals surface area contributed by atoms with Crippen LogP contribution < -0.4 is 15.9 Å². The second kappa shape index (κ2) is 12.7. The number of nitrogens with zero attached hydrogens (tertiary/aromatic N) is 7. The minimum atomic E-state index is -0.392. The molecule has 1 N–H and O–H groups in total. The summed E-state index contributed by atoms with van der Waals surface area (Å²) in [6, 6.07) is 22.9. The number of aryl methyl sites for hydroxylation is 2. The summed E-state index contributed by atoms with van der Waals surface area (Å²) in [7, 11) is 2.16. The number of fused-ring (bicyclic) bond motifs is 1. The molecule has 0 unspecified atom stereocenters. The second-order valence-electron chi connectivity index (χ2n) is 14.5. The fourth-order valence-corrected chi connectivity index (χ4v) is 8.30. The van der Waals surface area contributed by atoms with Gasteiger partial charge in [0.2, 0.25) is 0 Å². The lowest BCUT2D eigenvalue weighted by molar-refractivity contribution is -0.00238. The molecule has 2 aromatic heterocycles. The van der Waals surface area contributed by atoms with Gasteiger partial charge < -0.3 is 20.0 Å². The van der Waals surface area contributed by atoms with Crippen LogP contribution in [0.5, 0.6) is 0 Å². The number of amides is 2. The fraction of sp³-hybridized carbons (Fsp3) is 0.333. The average Bonchev–Trinajstić information content (AvgIpc) is 3.65. The number of hydrogen-bond donors (Lipinski definition) is 1. The Hall–Kier alpha value is -4.94. The number of rotatable bonds is 7. The Morgan fingerprint density at radius 3 is 2.37 bits per heavy atom. The molecule has 1 atom stereocenters. The van der Waals surface area contributed by atoms with Crippen molar-refractivity contribution in [3.63, 3.8) is 0 Å². The highest BCUT2D eigenvalue weighted by Crippen LogP contribution is 2.41. The Labute approximate surface area is 305 Å². The highest BCUT2D eigenvalue weighted by molar-refractivity contribution is 9.10. The van der Waals surface area contributed by atoms with Gasteiger partial charge in [-0.2, -0.15) is 5.10 Å². The van der Waals surface area contributed by atoms with Crippen LogP contribution in [0.4, 0.5) is 5.69 Å². The summed E-state index contributed by atoms with van der Waals surface area (Å²) in [4.78, 5) is 49.1. The number of carbonyl (C=O) groups excluding carboxylic acids is 2. The van der Waals surface area contributed by atoms with Gasteiger partial charge in [-0.25, -0.2) is 9.48 Å². The molecule has 5 heterocycles. The highest BCUT2D eigenvalue weighted by Gasteiger charge is 2.50. The van der Waals surface area contributed by atoms with Crippen LogP contribution in [0.3, 0.4) is 0 Å². The lowest BCUT2D eigenvalue weighted by Gasteiger charge is -2.60. The van der Waals surface area contributed by atoms with E-state index in [9.17, 15) is 14.4 Å². The van der Waals surface area contributed by atoms with E-state index in [2.05, 4.69) is 43.2 Å². The van der Waals surface area contributed by atoms with Gasteiger partial charge in [0, 0.05) is 72.6 Å². The number of halogens is 1. The fourth-order valence-electron chi connectivity index (χ4n) is 8.05. The predicted molar refractivity (Wildman–Crippen MR) is 200 cm³/mol. The Morgan fingerprint density at radius 2 is 1.69 bits per heavy atom. The van der Waals surface area contributed by atoms with Crippen LogP contribution in [0.15, 0.2) is 88.3 Å². The maximum absolute atomic E-state index is 14.4. The lowest BCUT2D eigenvalue weighted by Crippen LogP contribution is -2.71. The van der Waals surface area contributed by atoms with Crippen molar-refractivity contribution in [1.82, 2.24) is 34.0 Å². The first-order valence-corrected chi connectivity index (χ1v) is 18.1. The molecule has 2 amide bonds. The molecule has 0 radical (unpaired) electrons. The number of nitrogens with one attached hydrogen (secondary N) is 1. The first kappa shape index (κ1) is 33.2. The van der Waals surface area contributed by atoms with E-state index in [0.717, 1.165) is 58.8 Å². The summed E-state index contributed by atoms with van der Waals surface area (Å²) >= 11 is 3.53. The minimum Gasteiger partial charge on any atom is -0.370 e. The SMILES string of the molecule is Cc1ccn(-c2ccccc2CNC(=O)c2c3n(c(=O)n2-c2ccc(N4CC5(CN(C)C5)C4)cc2)C[C@H](C)N(C(=O)c2ccc(Br)c(C)c2)C3)n1. The molecule has 0 saturated carbocycles. The number of para-hydroxylation sites is 1. The number of aromatic nitrogens is 4. The summed E-state index contributed by atoms with van der Waals surface area (Å²) in [5.41, 5.74) is 6.68. The number of benzene rings is 3. The summed E-state index contributed by atoms with van der Waals surface area (Å²) < 4.78 is 5.90. The third-order valence-corrected chi connectivity index (χ3v) is 11.5. The maximum atomic E-state index is 14.4. The molecule has 0 aliphatic carbocycles. The van der Waals surface area contributed by atoms with Crippen molar-refractivity contribution in [2.45, 2.75) is 46.4 Å². The largest absolute Gasteiger partial charge is 0.370 e. The summed E-state index contributed by atoms with van der Waals surface area (Å²) in [6.45, 7) is 10.7. The smallest absolute Gasteiger partial charge is 0.333 e. The van der Waals surface area contributed by atoms with E-state index < -0.39 is 5.91 Å². The molecule has 1 spiro atoms. The lowest BCUT2D eigenvalue weighted by atomic mass is 9.73. The molecule has 3 aromatic carbocycles. The number of imidazole rings is 1. The van der Waals surface area contributed by atoms with Crippen LogP contribution in [0.1, 0.15) is 50.3 Å². The molecule has 12 heteroatoms. The van der Waals surface area contributed by atoms with Crippen LogP contribution in [0.25, 0.3) is 11.4 Å². The third-order valence-electron chi connectivity index (χ3n) is 10.6. The Bertz CT molecular complexity index is 2220. The van der Waals surface area contributed by atoms with Gasteiger partial charge in [0.25, 0.3) is 11.8 Å². The van der Waals surface area contributed by atoms with E-state index >= 15 is 0 Å². The monoisotopic (exact) mass is 748 g/mol. The minimum absolute atomic E-state index is 0.117. The van der Waals surface area contributed by atoms with Gasteiger partial charge in [-0.15, -0.1) is 0 Å². The van der Waals surface area contributed by atoms with Gasteiger partial charge in [0.05, 0.1) is 29.3 Å². The number of hydrogen-bond acceptors (Lipinski definition) is 6. The molecule has 8 rings (SSSR count). The quantitative estimate of drug-likeness (QED) is 0.254. The number of likely N-dealkylation sites (tertiary alicyclic amines) is 1. The second-order valence-corrected chi connectivity index (χ2v) is 15.4. The van der Waals surface area contributed by atoms with E-state index in [1.54, 1.807) is 20.2 Å². The average molecular weight is 750 g/mol. The topological polar surface area (TPSA) is 101 Å². The van der Waals surface area contributed by atoms with Crippen LogP contribution in [-0.2, 0) is 19.6 Å². The van der Waals surface area contributed by atoms with E-state index in [-0.39, 0.29) is 43.0 Å². The highest BCUT2D eigenvalue weighted by atomic mass is 79.9. The predicted octanol–water partition coefficient (Wildman–Crippen LogP) is 4.93. The normalized spacial score (nSPS) is 17.9.